The van der Waals surface area contributed by atoms with Crippen LogP contribution in [0.25, 0.3) is 0 Å². The van der Waals surface area contributed by atoms with Crippen molar-refractivity contribution in [2.24, 2.45) is 0 Å². The minimum Gasteiger partial charge on any atom is -0.372 e. The molecule has 1 aliphatic rings. The molecule has 0 saturated carbocycles. The largest absolute Gasteiger partial charge is 0.372 e. The number of benzene rings is 1. The lowest BCUT2D eigenvalue weighted by Crippen LogP contribution is -2.45. The molecule has 18 heavy (non-hydrogen) atoms. The molecule has 0 amide bonds. The van der Waals surface area contributed by atoms with Gasteiger partial charge >= 0.3 is 0 Å². The molecule has 1 aromatic rings. The number of nitrogens with zero attached hydrogens (tertiary/aromatic N) is 1. The second kappa shape index (κ2) is 5.72. The highest BCUT2D eigenvalue weighted by atomic mass is 16.5. The van der Waals surface area contributed by atoms with Crippen LogP contribution in [0.2, 0.25) is 0 Å². The minimum absolute atomic E-state index is 0.310. The first-order valence-corrected chi connectivity index (χ1v) is 6.77. The van der Waals surface area contributed by atoms with E-state index in [1.54, 1.807) is 0 Å². The maximum Gasteiger partial charge on any atom is 0.0726 e. The van der Waals surface area contributed by atoms with Crippen LogP contribution in [0.3, 0.4) is 0 Å². The minimum atomic E-state index is 0.310. The van der Waals surface area contributed by atoms with Crippen LogP contribution in [0.5, 0.6) is 0 Å². The van der Waals surface area contributed by atoms with Gasteiger partial charge in [0.15, 0.2) is 0 Å². The van der Waals surface area contributed by atoms with E-state index in [0.717, 1.165) is 13.1 Å². The predicted molar refractivity (Wildman–Crippen MR) is 76.1 cm³/mol. The molecule has 0 aliphatic carbocycles. The Hall–Kier alpha value is -1.06. The van der Waals surface area contributed by atoms with Crippen LogP contribution in [-0.2, 0) is 4.74 Å². The Morgan fingerprint density at radius 2 is 1.72 bits per heavy atom. The van der Waals surface area contributed by atoms with Crippen LogP contribution in [0.1, 0.15) is 32.4 Å². The monoisotopic (exact) mass is 248 g/mol. The number of nitrogens with one attached hydrogen (secondary N) is 1. The van der Waals surface area contributed by atoms with Gasteiger partial charge in [-0.1, -0.05) is 12.1 Å². The molecule has 3 nitrogen and oxygen atoms in total. The van der Waals surface area contributed by atoms with Crippen LogP contribution in [-0.4, -0.2) is 32.3 Å². The molecule has 3 heteroatoms. The highest BCUT2D eigenvalue weighted by Gasteiger charge is 2.22. The fourth-order valence-electron chi connectivity index (χ4n) is 2.53. The molecule has 2 rings (SSSR count). The number of hydrogen-bond acceptors (Lipinski definition) is 3. The van der Waals surface area contributed by atoms with Crippen molar-refractivity contribution in [3.8, 4) is 0 Å². The summed E-state index contributed by atoms with van der Waals surface area (Å²) in [5.41, 5.74) is 2.62. The first kappa shape index (κ1) is 13.4. The Morgan fingerprint density at radius 3 is 2.22 bits per heavy atom. The molecule has 1 aromatic carbocycles. The topological polar surface area (TPSA) is 24.5 Å². The van der Waals surface area contributed by atoms with Crippen molar-refractivity contribution in [3.63, 3.8) is 0 Å². The van der Waals surface area contributed by atoms with E-state index in [-0.39, 0.29) is 0 Å². The lowest BCUT2D eigenvalue weighted by Gasteiger charge is -2.37. The summed E-state index contributed by atoms with van der Waals surface area (Å²) in [6.07, 6.45) is 0.620. The highest BCUT2D eigenvalue weighted by Crippen LogP contribution is 2.22. The van der Waals surface area contributed by atoms with E-state index in [1.807, 2.05) is 7.05 Å². The zero-order valence-corrected chi connectivity index (χ0v) is 11.8. The predicted octanol–water partition coefficient (Wildman–Crippen LogP) is 2.58. The van der Waals surface area contributed by atoms with Crippen molar-refractivity contribution < 1.29 is 4.74 Å². The van der Waals surface area contributed by atoms with Crippen LogP contribution in [0.15, 0.2) is 24.3 Å². The van der Waals surface area contributed by atoms with Gasteiger partial charge in [0.25, 0.3) is 0 Å². The van der Waals surface area contributed by atoms with Gasteiger partial charge in [-0.2, -0.15) is 0 Å². The first-order valence-electron chi connectivity index (χ1n) is 6.77. The highest BCUT2D eigenvalue weighted by molar-refractivity contribution is 5.48. The molecular weight excluding hydrogens is 224 g/mol. The number of ether oxygens (including phenoxy) is 1. The van der Waals surface area contributed by atoms with Crippen LogP contribution in [0, 0.1) is 0 Å². The van der Waals surface area contributed by atoms with Gasteiger partial charge in [-0.3, -0.25) is 0 Å². The molecule has 1 heterocycles. The van der Waals surface area contributed by atoms with Crippen molar-refractivity contribution in [1.82, 2.24) is 5.32 Å². The lowest BCUT2D eigenvalue weighted by molar-refractivity contribution is -0.00521. The second-order valence-corrected chi connectivity index (χ2v) is 5.26. The van der Waals surface area contributed by atoms with E-state index in [1.165, 1.54) is 11.3 Å². The zero-order chi connectivity index (χ0) is 13.1. The number of morpholine rings is 1. The molecule has 1 saturated heterocycles. The third-order valence-electron chi connectivity index (χ3n) is 3.61. The molecule has 0 radical (unpaired) electrons. The lowest BCUT2D eigenvalue weighted by atomic mass is 10.1. The quantitative estimate of drug-likeness (QED) is 0.890. The van der Waals surface area contributed by atoms with E-state index in [0.29, 0.717) is 18.2 Å². The van der Waals surface area contributed by atoms with E-state index in [9.17, 15) is 0 Å². The number of anilines is 1. The second-order valence-electron chi connectivity index (χ2n) is 5.26. The molecule has 3 atom stereocenters. The molecule has 1 aliphatic heterocycles. The van der Waals surface area contributed by atoms with Crippen molar-refractivity contribution in [1.29, 1.82) is 0 Å². The van der Waals surface area contributed by atoms with Gasteiger partial charge in [0, 0.05) is 24.8 Å². The van der Waals surface area contributed by atoms with E-state index < -0.39 is 0 Å². The van der Waals surface area contributed by atoms with E-state index in [4.69, 9.17) is 4.74 Å². The molecule has 1 fully saturated rings. The average molecular weight is 248 g/mol. The van der Waals surface area contributed by atoms with Gasteiger partial charge < -0.3 is 15.0 Å². The Morgan fingerprint density at radius 1 is 1.17 bits per heavy atom. The zero-order valence-electron chi connectivity index (χ0n) is 11.8. The Bertz CT molecular complexity index is 367. The third-order valence-corrected chi connectivity index (χ3v) is 3.61. The average Bonchev–Trinajstić information content (AvgIpc) is 2.37. The molecular formula is C15H24N2O. The third kappa shape index (κ3) is 3.03. The summed E-state index contributed by atoms with van der Waals surface area (Å²) >= 11 is 0. The summed E-state index contributed by atoms with van der Waals surface area (Å²) in [5, 5.41) is 3.26. The van der Waals surface area contributed by atoms with Crippen LogP contribution in [0.4, 0.5) is 5.69 Å². The Balaban J connectivity index is 2.09. The summed E-state index contributed by atoms with van der Waals surface area (Å²) in [6, 6.07) is 9.26. The van der Waals surface area contributed by atoms with Crippen molar-refractivity contribution >= 4 is 5.69 Å². The fraction of sp³-hybridized carbons (Fsp3) is 0.600. The van der Waals surface area contributed by atoms with E-state index in [2.05, 4.69) is 55.3 Å². The van der Waals surface area contributed by atoms with Gasteiger partial charge in [-0.05, 0) is 45.5 Å². The summed E-state index contributed by atoms with van der Waals surface area (Å²) in [6.45, 7) is 8.41. The van der Waals surface area contributed by atoms with Crippen molar-refractivity contribution in [2.75, 3.05) is 25.0 Å². The summed E-state index contributed by atoms with van der Waals surface area (Å²) < 4.78 is 5.77. The van der Waals surface area contributed by atoms with Crippen molar-refractivity contribution in [3.05, 3.63) is 29.8 Å². The van der Waals surface area contributed by atoms with Crippen LogP contribution >= 0.6 is 0 Å². The fourth-order valence-corrected chi connectivity index (χ4v) is 2.53. The Labute approximate surface area is 110 Å². The number of rotatable bonds is 3. The first-order chi connectivity index (χ1) is 8.60. The van der Waals surface area contributed by atoms with Gasteiger partial charge in [0.1, 0.15) is 0 Å². The van der Waals surface area contributed by atoms with E-state index >= 15 is 0 Å². The van der Waals surface area contributed by atoms with Gasteiger partial charge in [0.2, 0.25) is 0 Å². The molecule has 0 aromatic heterocycles. The van der Waals surface area contributed by atoms with Gasteiger partial charge in [-0.15, -0.1) is 0 Å². The summed E-state index contributed by atoms with van der Waals surface area (Å²) in [4.78, 5) is 2.41. The normalized spacial score (nSPS) is 26.1. The number of hydrogen-bond donors (Lipinski definition) is 1. The smallest absolute Gasteiger partial charge is 0.0726 e. The SMILES string of the molecule is CNC(C)c1ccc(N2CC(C)OC(C)C2)cc1. The molecule has 100 valence electrons. The Kier molecular flexibility index (Phi) is 4.25. The molecule has 1 N–H and O–H groups in total. The summed E-state index contributed by atoms with van der Waals surface area (Å²) in [7, 11) is 1.99. The van der Waals surface area contributed by atoms with Crippen molar-refractivity contribution in [2.45, 2.75) is 39.0 Å². The van der Waals surface area contributed by atoms with Gasteiger partial charge in [0.05, 0.1) is 12.2 Å². The van der Waals surface area contributed by atoms with Crippen LogP contribution < -0.4 is 10.2 Å². The maximum absolute atomic E-state index is 5.77. The molecule has 0 bridgehead atoms. The molecule has 3 unspecified atom stereocenters. The summed E-state index contributed by atoms with van der Waals surface area (Å²) in [5.74, 6) is 0. The van der Waals surface area contributed by atoms with Gasteiger partial charge in [-0.25, -0.2) is 0 Å². The maximum atomic E-state index is 5.77. The molecule has 0 spiro atoms. The standard InChI is InChI=1S/C15H24N2O/c1-11-9-17(10-12(2)18-11)15-7-5-14(6-8-15)13(3)16-4/h5-8,11-13,16H,9-10H2,1-4H3.